The minimum atomic E-state index is -0.0624. The van der Waals surface area contributed by atoms with Crippen LogP contribution in [0.5, 0.6) is 5.75 Å². The molecule has 2 heterocycles. The van der Waals surface area contributed by atoms with Gasteiger partial charge >= 0.3 is 0 Å². The lowest BCUT2D eigenvalue weighted by Gasteiger charge is -2.34. The molecular weight excluding hydrogens is 340 g/mol. The van der Waals surface area contributed by atoms with E-state index in [0.717, 1.165) is 42.9 Å². The van der Waals surface area contributed by atoms with E-state index in [1.54, 1.807) is 7.11 Å². The second-order valence-corrected chi connectivity index (χ2v) is 7.55. The van der Waals surface area contributed by atoms with Crippen LogP contribution in [0.15, 0.2) is 36.7 Å². The Morgan fingerprint density at radius 2 is 1.85 bits per heavy atom. The third kappa shape index (κ3) is 4.69. The van der Waals surface area contributed by atoms with E-state index < -0.39 is 0 Å². The van der Waals surface area contributed by atoms with Gasteiger partial charge in [-0.1, -0.05) is 0 Å². The molecule has 0 aliphatic carbocycles. The fourth-order valence-corrected chi connectivity index (χ4v) is 3.53. The van der Waals surface area contributed by atoms with Crippen LogP contribution in [-0.4, -0.2) is 46.8 Å². The lowest BCUT2D eigenvalue weighted by Crippen LogP contribution is -2.43. The normalized spacial score (nSPS) is 17.1. The summed E-state index contributed by atoms with van der Waals surface area (Å²) in [6, 6.07) is 8.23. The maximum atomic E-state index is 12.6. The number of aromatic nitrogens is 2. The molecule has 0 unspecified atom stereocenters. The highest BCUT2D eigenvalue weighted by Gasteiger charge is 2.27. The lowest BCUT2D eigenvalue weighted by molar-refractivity contribution is -0.127. The zero-order valence-corrected chi connectivity index (χ0v) is 16.7. The largest absolute Gasteiger partial charge is 0.497 e. The van der Waals surface area contributed by atoms with Crippen LogP contribution in [0.1, 0.15) is 45.2 Å². The Bertz CT molecular complexity index is 746. The molecular formula is C21H30N4O2. The molecule has 1 aromatic carbocycles. The number of rotatable bonds is 6. The van der Waals surface area contributed by atoms with Crippen molar-refractivity contribution >= 4 is 5.91 Å². The number of piperidine rings is 1. The van der Waals surface area contributed by atoms with Gasteiger partial charge in [0, 0.05) is 23.7 Å². The van der Waals surface area contributed by atoms with Gasteiger partial charge in [-0.15, -0.1) is 0 Å². The predicted octanol–water partition coefficient (Wildman–Crippen LogP) is 3.18. The molecule has 0 bridgehead atoms. The van der Waals surface area contributed by atoms with E-state index in [0.29, 0.717) is 6.04 Å². The van der Waals surface area contributed by atoms with Gasteiger partial charge in [-0.25, -0.2) is 4.68 Å². The number of ether oxygens (including phenoxy) is 1. The Hall–Kier alpha value is -2.34. The highest BCUT2D eigenvalue weighted by Crippen LogP contribution is 2.21. The molecule has 2 aromatic rings. The first kappa shape index (κ1) is 19.4. The van der Waals surface area contributed by atoms with Crippen molar-refractivity contribution in [1.29, 1.82) is 0 Å². The second-order valence-electron chi connectivity index (χ2n) is 7.55. The molecule has 146 valence electrons. The molecule has 0 radical (unpaired) electrons. The maximum absolute atomic E-state index is 12.6. The van der Waals surface area contributed by atoms with E-state index in [4.69, 9.17) is 4.74 Å². The van der Waals surface area contributed by atoms with Gasteiger partial charge in [0.25, 0.3) is 0 Å². The summed E-state index contributed by atoms with van der Waals surface area (Å²) in [6.45, 7) is 8.43. The number of nitrogens with one attached hydrogen (secondary N) is 1. The smallest absolute Gasteiger partial charge is 0.223 e. The van der Waals surface area contributed by atoms with Crippen LogP contribution < -0.4 is 10.1 Å². The zero-order chi connectivity index (χ0) is 19.4. The average molecular weight is 370 g/mol. The Balaban J connectivity index is 1.57. The SMILES string of the molecule is COc1ccc(-n2cc([C@H](C)NC(=O)C3CCN(C(C)C)CC3)cn2)cc1. The summed E-state index contributed by atoms with van der Waals surface area (Å²) < 4.78 is 7.01. The molecule has 27 heavy (non-hydrogen) atoms. The number of hydrogen-bond acceptors (Lipinski definition) is 4. The van der Waals surface area contributed by atoms with E-state index in [-0.39, 0.29) is 17.9 Å². The molecule has 1 aliphatic heterocycles. The standard InChI is InChI=1S/C21H30N4O2/c1-15(2)24-11-9-17(10-12-24)21(26)23-16(3)18-13-22-25(14-18)19-5-7-20(27-4)8-6-19/h5-8,13-17H,9-12H2,1-4H3,(H,23,26)/t16-/m0/s1. The Morgan fingerprint density at radius 3 is 2.44 bits per heavy atom. The van der Waals surface area contributed by atoms with Crippen LogP contribution >= 0.6 is 0 Å². The van der Waals surface area contributed by atoms with Gasteiger partial charge in [-0.2, -0.15) is 5.10 Å². The Labute approximate surface area is 161 Å². The minimum Gasteiger partial charge on any atom is -0.497 e. The zero-order valence-electron chi connectivity index (χ0n) is 16.7. The van der Waals surface area contributed by atoms with Crippen LogP contribution in [0.4, 0.5) is 0 Å². The third-order valence-corrected chi connectivity index (χ3v) is 5.43. The molecule has 1 aromatic heterocycles. The fraction of sp³-hybridized carbons (Fsp3) is 0.524. The molecule has 1 aliphatic rings. The van der Waals surface area contributed by atoms with Gasteiger partial charge in [0.15, 0.2) is 0 Å². The number of hydrogen-bond donors (Lipinski definition) is 1. The fourth-order valence-electron chi connectivity index (χ4n) is 3.53. The summed E-state index contributed by atoms with van der Waals surface area (Å²) in [5.74, 6) is 1.08. The van der Waals surface area contributed by atoms with E-state index in [2.05, 4.69) is 29.2 Å². The van der Waals surface area contributed by atoms with Crippen molar-refractivity contribution < 1.29 is 9.53 Å². The third-order valence-electron chi connectivity index (χ3n) is 5.43. The van der Waals surface area contributed by atoms with E-state index in [1.165, 1.54) is 0 Å². The first-order chi connectivity index (χ1) is 13.0. The van der Waals surface area contributed by atoms with Gasteiger partial charge in [0.05, 0.1) is 25.0 Å². The van der Waals surface area contributed by atoms with E-state index in [9.17, 15) is 4.79 Å². The molecule has 1 fully saturated rings. The number of methoxy groups -OCH3 is 1. The summed E-state index contributed by atoms with van der Waals surface area (Å²) >= 11 is 0. The van der Waals surface area contributed by atoms with Gasteiger partial charge in [0.1, 0.15) is 5.75 Å². The van der Waals surface area contributed by atoms with Crippen LogP contribution in [-0.2, 0) is 4.79 Å². The number of likely N-dealkylation sites (tertiary alicyclic amines) is 1. The minimum absolute atomic E-state index is 0.0624. The summed E-state index contributed by atoms with van der Waals surface area (Å²) in [5, 5.41) is 7.59. The predicted molar refractivity (Wildman–Crippen MR) is 106 cm³/mol. The van der Waals surface area contributed by atoms with Gasteiger partial charge in [0.2, 0.25) is 5.91 Å². The van der Waals surface area contributed by atoms with Crippen LogP contribution in [0.25, 0.3) is 5.69 Å². The molecule has 1 saturated heterocycles. The molecule has 6 heteroatoms. The Morgan fingerprint density at radius 1 is 1.19 bits per heavy atom. The topological polar surface area (TPSA) is 59.4 Å². The molecule has 1 N–H and O–H groups in total. The molecule has 3 rings (SSSR count). The second kappa shape index (κ2) is 8.57. The average Bonchev–Trinajstić information content (AvgIpc) is 3.18. The summed E-state index contributed by atoms with van der Waals surface area (Å²) in [7, 11) is 1.65. The molecule has 0 saturated carbocycles. The van der Waals surface area contributed by atoms with Crippen LogP contribution in [0, 0.1) is 5.92 Å². The van der Waals surface area contributed by atoms with E-state index >= 15 is 0 Å². The number of amides is 1. The van der Waals surface area contributed by atoms with Crippen molar-refractivity contribution in [3.63, 3.8) is 0 Å². The van der Waals surface area contributed by atoms with Crippen molar-refractivity contribution in [2.45, 2.75) is 45.7 Å². The number of nitrogens with zero attached hydrogens (tertiary/aromatic N) is 3. The van der Waals surface area contributed by atoms with Crippen LogP contribution in [0.2, 0.25) is 0 Å². The highest BCUT2D eigenvalue weighted by molar-refractivity contribution is 5.79. The molecule has 1 amide bonds. The van der Waals surface area contributed by atoms with Crippen molar-refractivity contribution in [1.82, 2.24) is 20.0 Å². The van der Waals surface area contributed by atoms with Gasteiger partial charge < -0.3 is 15.0 Å². The molecule has 0 spiro atoms. The lowest BCUT2D eigenvalue weighted by atomic mass is 9.94. The maximum Gasteiger partial charge on any atom is 0.223 e. The first-order valence-corrected chi connectivity index (χ1v) is 9.71. The van der Waals surface area contributed by atoms with Crippen molar-refractivity contribution in [2.24, 2.45) is 5.92 Å². The summed E-state index contributed by atoms with van der Waals surface area (Å²) in [5.41, 5.74) is 1.96. The first-order valence-electron chi connectivity index (χ1n) is 9.71. The number of carbonyl (C=O) groups is 1. The van der Waals surface area contributed by atoms with Crippen LogP contribution in [0.3, 0.4) is 0 Å². The monoisotopic (exact) mass is 370 g/mol. The number of benzene rings is 1. The van der Waals surface area contributed by atoms with E-state index in [1.807, 2.05) is 48.3 Å². The number of carbonyl (C=O) groups excluding carboxylic acids is 1. The summed E-state index contributed by atoms with van der Waals surface area (Å²) in [6.07, 6.45) is 5.65. The van der Waals surface area contributed by atoms with Crippen molar-refractivity contribution in [3.05, 3.63) is 42.2 Å². The highest BCUT2D eigenvalue weighted by atomic mass is 16.5. The molecule has 1 atom stereocenters. The van der Waals surface area contributed by atoms with Gasteiger partial charge in [-0.05, 0) is 71.0 Å². The molecule has 6 nitrogen and oxygen atoms in total. The Kier molecular flexibility index (Phi) is 6.16. The summed E-state index contributed by atoms with van der Waals surface area (Å²) in [4.78, 5) is 15.1. The van der Waals surface area contributed by atoms with Crippen molar-refractivity contribution in [3.8, 4) is 11.4 Å². The van der Waals surface area contributed by atoms with Gasteiger partial charge in [-0.3, -0.25) is 4.79 Å². The van der Waals surface area contributed by atoms with Crippen molar-refractivity contribution in [2.75, 3.05) is 20.2 Å². The quantitative estimate of drug-likeness (QED) is 0.848.